The molecule has 0 aromatic rings. The van der Waals surface area contributed by atoms with Crippen LogP contribution in [0.15, 0.2) is 0 Å². The second-order valence-corrected chi connectivity index (χ2v) is 5.79. The van der Waals surface area contributed by atoms with Crippen molar-refractivity contribution in [2.24, 2.45) is 5.92 Å². The zero-order chi connectivity index (χ0) is 12.0. The monoisotopic (exact) mass is 227 g/mol. The van der Waals surface area contributed by atoms with Gasteiger partial charge in [-0.25, -0.2) is 0 Å². The Balaban J connectivity index is 2.24. The van der Waals surface area contributed by atoms with E-state index in [1.54, 1.807) is 0 Å². The molecule has 0 bridgehead atoms. The standard InChI is InChI=1S/C13H29N3/c1-11(2)8-13(10-16(3)4)15-9-12-6-5-7-14-12/h11-15H,5-10H2,1-4H3. The van der Waals surface area contributed by atoms with Gasteiger partial charge in [-0.1, -0.05) is 13.8 Å². The molecule has 96 valence electrons. The van der Waals surface area contributed by atoms with Gasteiger partial charge in [0.25, 0.3) is 0 Å². The molecule has 1 heterocycles. The number of nitrogens with zero attached hydrogens (tertiary/aromatic N) is 1. The van der Waals surface area contributed by atoms with Gasteiger partial charge in [-0.15, -0.1) is 0 Å². The van der Waals surface area contributed by atoms with Crippen LogP contribution in [0, 0.1) is 5.92 Å². The minimum atomic E-state index is 0.636. The van der Waals surface area contributed by atoms with Crippen molar-refractivity contribution in [3.63, 3.8) is 0 Å². The van der Waals surface area contributed by atoms with E-state index < -0.39 is 0 Å². The summed E-state index contributed by atoms with van der Waals surface area (Å²) in [7, 11) is 4.31. The summed E-state index contributed by atoms with van der Waals surface area (Å²) >= 11 is 0. The van der Waals surface area contributed by atoms with Gasteiger partial charge in [0.05, 0.1) is 0 Å². The van der Waals surface area contributed by atoms with Crippen molar-refractivity contribution in [2.45, 2.75) is 45.2 Å². The molecule has 0 spiro atoms. The molecule has 3 nitrogen and oxygen atoms in total. The fourth-order valence-electron chi connectivity index (χ4n) is 2.47. The average molecular weight is 227 g/mol. The maximum Gasteiger partial charge on any atom is 0.0197 e. The third-order valence-electron chi connectivity index (χ3n) is 3.16. The second-order valence-electron chi connectivity index (χ2n) is 5.79. The first-order valence-corrected chi connectivity index (χ1v) is 6.69. The SMILES string of the molecule is CC(C)CC(CN(C)C)NCC1CCCN1. The maximum absolute atomic E-state index is 3.72. The van der Waals surface area contributed by atoms with Crippen molar-refractivity contribution in [3.05, 3.63) is 0 Å². The Morgan fingerprint density at radius 2 is 2.12 bits per heavy atom. The van der Waals surface area contributed by atoms with E-state index in [-0.39, 0.29) is 0 Å². The molecule has 2 N–H and O–H groups in total. The number of likely N-dealkylation sites (N-methyl/N-ethyl adjacent to an activating group) is 1. The van der Waals surface area contributed by atoms with Crippen LogP contribution in [0.2, 0.25) is 0 Å². The highest BCUT2D eigenvalue weighted by Crippen LogP contribution is 2.08. The molecular weight excluding hydrogens is 198 g/mol. The number of rotatable bonds is 7. The van der Waals surface area contributed by atoms with Gasteiger partial charge in [-0.2, -0.15) is 0 Å². The van der Waals surface area contributed by atoms with Crippen LogP contribution in [0.1, 0.15) is 33.1 Å². The van der Waals surface area contributed by atoms with Crippen LogP contribution in [0.25, 0.3) is 0 Å². The van der Waals surface area contributed by atoms with Gasteiger partial charge in [0.2, 0.25) is 0 Å². The summed E-state index contributed by atoms with van der Waals surface area (Å²) in [6.07, 6.45) is 3.95. The lowest BCUT2D eigenvalue weighted by Crippen LogP contribution is -2.44. The molecular formula is C13H29N3. The van der Waals surface area contributed by atoms with Crippen LogP contribution < -0.4 is 10.6 Å². The Kier molecular flexibility index (Phi) is 6.32. The first-order valence-electron chi connectivity index (χ1n) is 6.69. The summed E-state index contributed by atoms with van der Waals surface area (Å²) < 4.78 is 0. The van der Waals surface area contributed by atoms with Crippen molar-refractivity contribution < 1.29 is 0 Å². The molecule has 0 saturated carbocycles. The minimum absolute atomic E-state index is 0.636. The van der Waals surface area contributed by atoms with Crippen LogP contribution in [-0.2, 0) is 0 Å². The first kappa shape index (κ1) is 13.9. The van der Waals surface area contributed by atoms with Gasteiger partial charge in [-0.3, -0.25) is 0 Å². The maximum atomic E-state index is 3.72. The summed E-state index contributed by atoms with van der Waals surface area (Å²) in [5.41, 5.74) is 0. The molecule has 0 aliphatic carbocycles. The lowest BCUT2D eigenvalue weighted by Gasteiger charge is -2.25. The molecule has 2 atom stereocenters. The van der Waals surface area contributed by atoms with E-state index in [4.69, 9.17) is 0 Å². The van der Waals surface area contributed by atoms with Gasteiger partial charge in [0, 0.05) is 25.2 Å². The molecule has 1 rings (SSSR count). The van der Waals surface area contributed by atoms with Crippen LogP contribution in [0.3, 0.4) is 0 Å². The van der Waals surface area contributed by atoms with E-state index in [1.165, 1.54) is 25.8 Å². The second kappa shape index (κ2) is 7.25. The first-order chi connectivity index (χ1) is 7.58. The Morgan fingerprint density at radius 3 is 2.62 bits per heavy atom. The summed E-state index contributed by atoms with van der Waals surface area (Å²) in [5, 5.41) is 7.26. The Hall–Kier alpha value is -0.120. The quantitative estimate of drug-likeness (QED) is 0.686. The molecule has 3 heteroatoms. The van der Waals surface area contributed by atoms with Crippen LogP contribution in [0.5, 0.6) is 0 Å². The molecule has 1 fully saturated rings. The zero-order valence-electron chi connectivity index (χ0n) is 11.4. The lowest BCUT2D eigenvalue weighted by molar-refractivity contribution is 0.300. The average Bonchev–Trinajstić information content (AvgIpc) is 2.64. The van der Waals surface area contributed by atoms with E-state index in [1.807, 2.05) is 0 Å². The molecule has 0 amide bonds. The molecule has 1 aliphatic rings. The third-order valence-corrected chi connectivity index (χ3v) is 3.16. The van der Waals surface area contributed by atoms with Gasteiger partial charge in [-0.05, 0) is 45.8 Å². The highest BCUT2D eigenvalue weighted by Gasteiger charge is 2.17. The van der Waals surface area contributed by atoms with E-state index in [9.17, 15) is 0 Å². The van der Waals surface area contributed by atoms with Crippen molar-refractivity contribution in [3.8, 4) is 0 Å². The number of hydrogen-bond acceptors (Lipinski definition) is 3. The van der Waals surface area contributed by atoms with E-state index in [0.29, 0.717) is 12.1 Å². The van der Waals surface area contributed by atoms with E-state index in [0.717, 1.165) is 19.0 Å². The fourth-order valence-corrected chi connectivity index (χ4v) is 2.47. The minimum Gasteiger partial charge on any atom is -0.313 e. The molecule has 16 heavy (non-hydrogen) atoms. The topological polar surface area (TPSA) is 27.3 Å². The van der Waals surface area contributed by atoms with E-state index in [2.05, 4.69) is 43.5 Å². The predicted octanol–water partition coefficient (Wildman–Crippen LogP) is 1.30. The molecule has 0 aromatic carbocycles. The van der Waals surface area contributed by atoms with Gasteiger partial charge in [0.15, 0.2) is 0 Å². The lowest BCUT2D eigenvalue weighted by atomic mass is 10.0. The molecule has 0 radical (unpaired) electrons. The predicted molar refractivity (Wildman–Crippen MR) is 70.8 cm³/mol. The Morgan fingerprint density at radius 1 is 1.38 bits per heavy atom. The van der Waals surface area contributed by atoms with Crippen LogP contribution >= 0.6 is 0 Å². The summed E-state index contributed by atoms with van der Waals surface area (Å²) in [6, 6.07) is 1.34. The van der Waals surface area contributed by atoms with Crippen LogP contribution in [0.4, 0.5) is 0 Å². The van der Waals surface area contributed by atoms with Gasteiger partial charge < -0.3 is 15.5 Å². The Bertz CT molecular complexity index is 164. The molecule has 0 aromatic heterocycles. The smallest absolute Gasteiger partial charge is 0.0197 e. The normalized spacial score (nSPS) is 23.2. The van der Waals surface area contributed by atoms with Crippen molar-refractivity contribution >= 4 is 0 Å². The van der Waals surface area contributed by atoms with Crippen LogP contribution in [-0.4, -0.2) is 50.7 Å². The van der Waals surface area contributed by atoms with Gasteiger partial charge >= 0.3 is 0 Å². The highest BCUT2D eigenvalue weighted by molar-refractivity contribution is 4.80. The largest absolute Gasteiger partial charge is 0.313 e. The van der Waals surface area contributed by atoms with Gasteiger partial charge in [0.1, 0.15) is 0 Å². The molecule has 1 aliphatic heterocycles. The third kappa shape index (κ3) is 5.83. The number of nitrogens with one attached hydrogen (secondary N) is 2. The van der Waals surface area contributed by atoms with Crippen molar-refractivity contribution in [2.75, 3.05) is 33.7 Å². The zero-order valence-corrected chi connectivity index (χ0v) is 11.4. The summed E-state index contributed by atoms with van der Waals surface area (Å²) in [4.78, 5) is 2.28. The van der Waals surface area contributed by atoms with Crippen molar-refractivity contribution in [1.29, 1.82) is 0 Å². The Labute approximate surface area is 101 Å². The summed E-state index contributed by atoms with van der Waals surface area (Å²) in [5.74, 6) is 0.772. The summed E-state index contributed by atoms with van der Waals surface area (Å²) in [6.45, 7) is 8.08. The molecule has 1 saturated heterocycles. The molecule has 2 unspecified atom stereocenters. The highest BCUT2D eigenvalue weighted by atomic mass is 15.1. The fraction of sp³-hybridized carbons (Fsp3) is 1.00. The number of hydrogen-bond donors (Lipinski definition) is 2. The van der Waals surface area contributed by atoms with Crippen molar-refractivity contribution in [1.82, 2.24) is 15.5 Å². The van der Waals surface area contributed by atoms with E-state index >= 15 is 0 Å².